The van der Waals surface area contributed by atoms with E-state index in [4.69, 9.17) is 27.9 Å². The molecule has 0 heterocycles. The molecule has 1 amide bonds. The molecule has 1 aliphatic carbocycles. The number of carbonyl (C=O) groups is 1. The van der Waals surface area contributed by atoms with Crippen LogP contribution >= 0.6 is 23.2 Å². The molecule has 116 valence electrons. The summed E-state index contributed by atoms with van der Waals surface area (Å²) in [6.07, 6.45) is 4.05. The Labute approximate surface area is 136 Å². The van der Waals surface area contributed by atoms with Crippen molar-refractivity contribution in [2.45, 2.75) is 51.7 Å². The summed E-state index contributed by atoms with van der Waals surface area (Å²) in [5.74, 6) is 0.897. The van der Waals surface area contributed by atoms with Gasteiger partial charge in [0.15, 0.2) is 6.10 Å². The van der Waals surface area contributed by atoms with Crippen molar-refractivity contribution in [1.29, 1.82) is 0 Å². The minimum absolute atomic E-state index is 0.0974. The van der Waals surface area contributed by atoms with Crippen LogP contribution in [0.2, 0.25) is 10.0 Å². The number of carbonyl (C=O) groups excluding carboxylic acids is 1. The van der Waals surface area contributed by atoms with Gasteiger partial charge in [0.1, 0.15) is 5.75 Å². The average Bonchev–Trinajstić information content (AvgIpc) is 2.44. The Morgan fingerprint density at radius 3 is 2.71 bits per heavy atom. The van der Waals surface area contributed by atoms with Crippen molar-refractivity contribution in [3.05, 3.63) is 28.2 Å². The van der Waals surface area contributed by atoms with E-state index in [1.165, 1.54) is 19.3 Å². The van der Waals surface area contributed by atoms with E-state index in [1.807, 2.05) is 0 Å². The van der Waals surface area contributed by atoms with Crippen LogP contribution in [0.1, 0.15) is 39.5 Å². The third-order valence-corrected chi connectivity index (χ3v) is 4.54. The highest BCUT2D eigenvalue weighted by Gasteiger charge is 2.25. The van der Waals surface area contributed by atoms with Crippen molar-refractivity contribution in [1.82, 2.24) is 5.32 Å². The molecule has 0 bridgehead atoms. The van der Waals surface area contributed by atoms with Gasteiger partial charge in [-0.05, 0) is 43.9 Å². The van der Waals surface area contributed by atoms with E-state index in [-0.39, 0.29) is 11.9 Å². The summed E-state index contributed by atoms with van der Waals surface area (Å²) >= 11 is 11.9. The SMILES string of the molecule is C[C@H](Oc1ccc(Cl)cc1Cl)C(=O)N[C@H]1CCCC[C@@H]1C. The van der Waals surface area contributed by atoms with Gasteiger partial charge >= 0.3 is 0 Å². The van der Waals surface area contributed by atoms with Crippen LogP contribution in [0, 0.1) is 5.92 Å². The third kappa shape index (κ3) is 4.52. The van der Waals surface area contributed by atoms with Crippen LogP contribution in [0.25, 0.3) is 0 Å². The number of nitrogens with one attached hydrogen (secondary N) is 1. The smallest absolute Gasteiger partial charge is 0.261 e. The van der Waals surface area contributed by atoms with Crippen molar-refractivity contribution in [2.75, 3.05) is 0 Å². The molecule has 0 saturated heterocycles. The van der Waals surface area contributed by atoms with Crippen LogP contribution in [0.3, 0.4) is 0 Å². The topological polar surface area (TPSA) is 38.3 Å². The zero-order valence-corrected chi connectivity index (χ0v) is 13.9. The summed E-state index contributed by atoms with van der Waals surface area (Å²) in [4.78, 5) is 12.2. The van der Waals surface area contributed by atoms with E-state index >= 15 is 0 Å². The monoisotopic (exact) mass is 329 g/mol. The number of ether oxygens (including phenoxy) is 1. The van der Waals surface area contributed by atoms with Gasteiger partial charge in [-0.2, -0.15) is 0 Å². The van der Waals surface area contributed by atoms with Crippen molar-refractivity contribution in [2.24, 2.45) is 5.92 Å². The molecule has 3 atom stereocenters. The Bertz CT molecular complexity index is 507. The molecule has 1 aromatic rings. The van der Waals surface area contributed by atoms with Crippen LogP contribution in [0.5, 0.6) is 5.75 Å². The maximum atomic E-state index is 12.2. The highest BCUT2D eigenvalue weighted by Crippen LogP contribution is 2.28. The highest BCUT2D eigenvalue weighted by atomic mass is 35.5. The Kier molecular flexibility index (Phi) is 5.77. The summed E-state index contributed by atoms with van der Waals surface area (Å²) in [7, 11) is 0. The van der Waals surface area contributed by atoms with Crippen LogP contribution in [0.15, 0.2) is 18.2 Å². The molecule has 0 radical (unpaired) electrons. The van der Waals surface area contributed by atoms with Gasteiger partial charge in [-0.1, -0.05) is 43.0 Å². The molecule has 0 aromatic heterocycles. The Balaban J connectivity index is 1.92. The number of hydrogen-bond donors (Lipinski definition) is 1. The lowest BCUT2D eigenvalue weighted by Gasteiger charge is -2.30. The molecular formula is C16H21Cl2NO2. The van der Waals surface area contributed by atoms with E-state index < -0.39 is 6.10 Å². The van der Waals surface area contributed by atoms with Crippen molar-refractivity contribution < 1.29 is 9.53 Å². The highest BCUT2D eigenvalue weighted by molar-refractivity contribution is 6.35. The lowest BCUT2D eigenvalue weighted by atomic mass is 9.86. The summed E-state index contributed by atoms with van der Waals surface area (Å²) in [5, 5.41) is 4.04. The predicted molar refractivity (Wildman–Crippen MR) is 86.1 cm³/mol. The maximum Gasteiger partial charge on any atom is 0.261 e. The number of amides is 1. The fraction of sp³-hybridized carbons (Fsp3) is 0.562. The molecule has 0 aliphatic heterocycles. The summed E-state index contributed by atoms with van der Waals surface area (Å²) < 4.78 is 5.64. The second-order valence-electron chi connectivity index (χ2n) is 5.71. The van der Waals surface area contributed by atoms with Crippen LogP contribution < -0.4 is 10.1 Å². The molecule has 1 N–H and O–H groups in total. The normalized spacial score (nSPS) is 23.4. The molecule has 1 fully saturated rings. The first-order chi connectivity index (χ1) is 9.97. The van der Waals surface area contributed by atoms with Crippen LogP contribution in [-0.2, 0) is 4.79 Å². The van der Waals surface area contributed by atoms with E-state index in [0.29, 0.717) is 21.7 Å². The molecule has 2 rings (SSSR count). The van der Waals surface area contributed by atoms with Gasteiger partial charge in [-0.15, -0.1) is 0 Å². The zero-order valence-electron chi connectivity index (χ0n) is 12.4. The molecule has 1 aromatic carbocycles. The fourth-order valence-electron chi connectivity index (χ4n) is 2.65. The van der Waals surface area contributed by atoms with Gasteiger partial charge in [0.2, 0.25) is 0 Å². The van der Waals surface area contributed by atoms with E-state index in [0.717, 1.165) is 6.42 Å². The lowest BCUT2D eigenvalue weighted by molar-refractivity contribution is -0.128. The van der Waals surface area contributed by atoms with Gasteiger partial charge in [-0.3, -0.25) is 4.79 Å². The van der Waals surface area contributed by atoms with Gasteiger partial charge in [0, 0.05) is 11.1 Å². The zero-order chi connectivity index (χ0) is 15.4. The Hall–Kier alpha value is -0.930. The number of benzene rings is 1. The second kappa shape index (κ2) is 7.37. The second-order valence-corrected chi connectivity index (χ2v) is 6.56. The van der Waals surface area contributed by atoms with Gasteiger partial charge in [0.25, 0.3) is 5.91 Å². The van der Waals surface area contributed by atoms with E-state index in [1.54, 1.807) is 25.1 Å². The number of hydrogen-bond acceptors (Lipinski definition) is 2. The van der Waals surface area contributed by atoms with Gasteiger partial charge in [0.05, 0.1) is 5.02 Å². The first-order valence-corrected chi connectivity index (χ1v) is 8.15. The van der Waals surface area contributed by atoms with Crippen molar-refractivity contribution in [3.8, 4) is 5.75 Å². The minimum atomic E-state index is -0.585. The van der Waals surface area contributed by atoms with Crippen LogP contribution in [-0.4, -0.2) is 18.1 Å². The summed E-state index contributed by atoms with van der Waals surface area (Å²) in [6, 6.07) is 5.22. The van der Waals surface area contributed by atoms with Crippen LogP contribution in [0.4, 0.5) is 0 Å². The Morgan fingerprint density at radius 2 is 2.05 bits per heavy atom. The first-order valence-electron chi connectivity index (χ1n) is 7.39. The molecule has 5 heteroatoms. The predicted octanol–water partition coefficient (Wildman–Crippen LogP) is 4.46. The van der Waals surface area contributed by atoms with Crippen molar-refractivity contribution >= 4 is 29.1 Å². The lowest BCUT2D eigenvalue weighted by Crippen LogP contribution is -2.46. The summed E-state index contributed by atoms with van der Waals surface area (Å²) in [6.45, 7) is 3.92. The van der Waals surface area contributed by atoms with Crippen molar-refractivity contribution in [3.63, 3.8) is 0 Å². The molecule has 21 heavy (non-hydrogen) atoms. The standard InChI is InChI=1S/C16H21Cl2NO2/c1-10-5-3-4-6-14(10)19-16(20)11(2)21-15-8-7-12(17)9-13(15)18/h7-11,14H,3-6H2,1-2H3,(H,19,20)/t10-,11-,14-/m0/s1. The molecule has 3 nitrogen and oxygen atoms in total. The van der Waals surface area contributed by atoms with E-state index in [9.17, 15) is 4.79 Å². The number of halogens is 2. The molecule has 0 spiro atoms. The fourth-order valence-corrected chi connectivity index (χ4v) is 3.10. The quantitative estimate of drug-likeness (QED) is 0.885. The largest absolute Gasteiger partial charge is 0.479 e. The molecular weight excluding hydrogens is 309 g/mol. The van der Waals surface area contributed by atoms with E-state index in [2.05, 4.69) is 12.2 Å². The summed E-state index contributed by atoms with van der Waals surface area (Å²) in [5.41, 5.74) is 0. The average molecular weight is 330 g/mol. The van der Waals surface area contributed by atoms with Gasteiger partial charge in [-0.25, -0.2) is 0 Å². The first kappa shape index (κ1) is 16.4. The molecule has 1 saturated carbocycles. The Morgan fingerprint density at radius 1 is 1.33 bits per heavy atom. The minimum Gasteiger partial charge on any atom is -0.479 e. The molecule has 0 unspecified atom stereocenters. The van der Waals surface area contributed by atoms with Gasteiger partial charge < -0.3 is 10.1 Å². The third-order valence-electron chi connectivity index (χ3n) is 4.01. The number of rotatable bonds is 4. The maximum absolute atomic E-state index is 12.2. The molecule has 1 aliphatic rings.